The van der Waals surface area contributed by atoms with Crippen molar-refractivity contribution in [1.82, 2.24) is 0 Å². The van der Waals surface area contributed by atoms with E-state index in [0.29, 0.717) is 12.0 Å². The highest BCUT2D eigenvalue weighted by atomic mass is 28.3. The van der Waals surface area contributed by atoms with Crippen molar-refractivity contribution in [2.75, 3.05) is 0 Å². The molecule has 1 atom stereocenters. The molecule has 0 heterocycles. The second-order valence-electron chi connectivity index (χ2n) is 5.64. The topological polar surface area (TPSA) is 37.3 Å². The molecule has 0 radical (unpaired) electrons. The largest absolute Gasteiger partial charge is 0.388 e. The van der Waals surface area contributed by atoms with Crippen LogP contribution in [-0.4, -0.2) is 24.7 Å². The number of aliphatic hydroxyl groups is 1. The van der Waals surface area contributed by atoms with Crippen molar-refractivity contribution >= 4 is 13.5 Å². The fraction of sp³-hybridized carbons (Fsp3) is 0.400. The van der Waals surface area contributed by atoms with Crippen LogP contribution in [-0.2, 0) is 11.2 Å². The summed E-state index contributed by atoms with van der Waals surface area (Å²) in [5.41, 5.74) is 1.55. The second-order valence-corrected chi connectivity index (χ2v) is 10.6. The number of carbonyl (C=O) groups excluding carboxylic acids is 1. The molecule has 3 heteroatoms. The molecule has 1 unspecified atom stereocenters. The second kappa shape index (κ2) is 6.11. The Morgan fingerprint density at radius 2 is 1.83 bits per heavy atom. The van der Waals surface area contributed by atoms with Crippen LogP contribution < -0.4 is 0 Å². The average Bonchev–Trinajstić information content (AvgIpc) is 2.34. The van der Waals surface area contributed by atoms with Crippen molar-refractivity contribution in [3.63, 3.8) is 0 Å². The lowest BCUT2D eigenvalue weighted by Crippen LogP contribution is -2.37. The number of aryl methyl sites for hydroxylation is 1. The summed E-state index contributed by atoms with van der Waals surface area (Å²) in [4.78, 5) is 12.0. The minimum atomic E-state index is -1.89. The molecule has 0 aliphatic heterocycles. The molecular formula is C15H22O2Si. The normalized spacial score (nSPS) is 13.1. The van der Waals surface area contributed by atoms with Gasteiger partial charge in [0.2, 0.25) is 0 Å². The summed E-state index contributed by atoms with van der Waals surface area (Å²) in [6, 6.07) is 9.97. The van der Waals surface area contributed by atoms with Gasteiger partial charge in [-0.25, -0.2) is 0 Å². The molecule has 0 fully saturated rings. The van der Waals surface area contributed by atoms with Crippen molar-refractivity contribution in [1.29, 1.82) is 0 Å². The molecule has 0 bridgehead atoms. The zero-order chi connectivity index (χ0) is 13.8. The molecular weight excluding hydrogens is 240 g/mol. The first-order valence-corrected chi connectivity index (χ1v) is 9.78. The smallest absolute Gasteiger partial charge is 0.137 e. The highest BCUT2D eigenvalue weighted by Crippen LogP contribution is 2.16. The first-order chi connectivity index (χ1) is 8.32. The van der Waals surface area contributed by atoms with Crippen molar-refractivity contribution in [2.24, 2.45) is 0 Å². The predicted octanol–water partition coefficient (Wildman–Crippen LogP) is 2.98. The zero-order valence-electron chi connectivity index (χ0n) is 11.4. The highest BCUT2D eigenvalue weighted by molar-refractivity contribution is 7.05. The molecule has 1 N–H and O–H groups in total. The minimum absolute atomic E-state index is 0.0723. The molecule has 0 saturated heterocycles. The number of carbonyl (C=O) groups is 1. The van der Waals surface area contributed by atoms with E-state index in [4.69, 9.17) is 0 Å². The van der Waals surface area contributed by atoms with E-state index < -0.39 is 14.2 Å². The van der Waals surface area contributed by atoms with Gasteiger partial charge in [0.05, 0.1) is 6.10 Å². The van der Waals surface area contributed by atoms with Crippen molar-refractivity contribution in [2.45, 2.75) is 38.6 Å². The Labute approximate surface area is 110 Å². The Balaban J connectivity index is 2.54. The van der Waals surface area contributed by atoms with Crippen LogP contribution in [0.2, 0.25) is 19.6 Å². The molecule has 1 aromatic carbocycles. The Kier molecular flexibility index (Phi) is 5.05. The van der Waals surface area contributed by atoms with E-state index in [1.807, 2.05) is 50.0 Å². The molecule has 2 nitrogen and oxygen atoms in total. The summed E-state index contributed by atoms with van der Waals surface area (Å²) in [6.45, 7) is 9.70. The molecule has 98 valence electrons. The van der Waals surface area contributed by atoms with Crippen LogP contribution in [0.5, 0.6) is 0 Å². The Hall–Kier alpha value is -1.19. The molecule has 0 amide bonds. The summed E-state index contributed by atoms with van der Waals surface area (Å²) >= 11 is 0. The summed E-state index contributed by atoms with van der Waals surface area (Å²) in [5, 5.41) is 10.1. The fourth-order valence-electron chi connectivity index (χ4n) is 1.76. The molecule has 1 rings (SSSR count). The van der Waals surface area contributed by atoms with Crippen molar-refractivity contribution < 1.29 is 9.90 Å². The van der Waals surface area contributed by atoms with E-state index in [0.717, 1.165) is 6.42 Å². The van der Waals surface area contributed by atoms with Gasteiger partial charge in [-0.1, -0.05) is 56.6 Å². The van der Waals surface area contributed by atoms with Crippen molar-refractivity contribution in [3.05, 3.63) is 48.0 Å². The van der Waals surface area contributed by atoms with Crippen LogP contribution in [0.3, 0.4) is 0 Å². The first kappa shape index (κ1) is 14.9. The van der Waals surface area contributed by atoms with E-state index in [2.05, 4.69) is 6.58 Å². The van der Waals surface area contributed by atoms with Crippen LogP contribution in [0.4, 0.5) is 0 Å². The van der Waals surface area contributed by atoms with Gasteiger partial charge in [0.25, 0.3) is 0 Å². The van der Waals surface area contributed by atoms with E-state index in [9.17, 15) is 9.90 Å². The van der Waals surface area contributed by atoms with E-state index in [1.165, 1.54) is 5.56 Å². The lowest BCUT2D eigenvalue weighted by molar-refractivity contribution is -0.110. The minimum Gasteiger partial charge on any atom is -0.388 e. The Morgan fingerprint density at radius 3 is 2.33 bits per heavy atom. The third-order valence-corrected chi connectivity index (χ3v) is 4.61. The van der Waals surface area contributed by atoms with Gasteiger partial charge in [-0.2, -0.15) is 0 Å². The molecule has 0 aliphatic rings. The van der Waals surface area contributed by atoms with Gasteiger partial charge >= 0.3 is 0 Å². The number of aliphatic hydroxyl groups excluding tert-OH is 1. The Bertz CT molecular complexity index is 418. The quantitative estimate of drug-likeness (QED) is 0.632. The van der Waals surface area contributed by atoms with Crippen LogP contribution in [0.25, 0.3) is 0 Å². The molecule has 1 aromatic rings. The number of hydrogen-bond donors (Lipinski definition) is 1. The Morgan fingerprint density at radius 1 is 1.28 bits per heavy atom. The molecule has 0 aliphatic carbocycles. The van der Waals surface area contributed by atoms with Gasteiger partial charge in [-0.05, 0) is 18.4 Å². The van der Waals surface area contributed by atoms with Crippen LogP contribution >= 0.6 is 0 Å². The lowest BCUT2D eigenvalue weighted by atomic mass is 10.0. The lowest BCUT2D eigenvalue weighted by Gasteiger charge is -2.19. The maximum absolute atomic E-state index is 12.0. The maximum Gasteiger partial charge on any atom is 0.137 e. The molecule has 18 heavy (non-hydrogen) atoms. The third-order valence-electron chi connectivity index (χ3n) is 2.92. The third kappa shape index (κ3) is 4.24. The summed E-state index contributed by atoms with van der Waals surface area (Å²) in [6.07, 6.45) is 0.600. The molecule has 0 spiro atoms. The number of hydrogen-bond acceptors (Lipinski definition) is 2. The van der Waals surface area contributed by atoms with Gasteiger partial charge in [0.1, 0.15) is 13.5 Å². The molecule has 0 saturated carbocycles. The van der Waals surface area contributed by atoms with Crippen LogP contribution in [0, 0.1) is 0 Å². The van der Waals surface area contributed by atoms with Crippen molar-refractivity contribution in [3.8, 4) is 0 Å². The van der Waals surface area contributed by atoms with Gasteiger partial charge < -0.3 is 9.90 Å². The van der Waals surface area contributed by atoms with Gasteiger partial charge in [-0.15, -0.1) is 0 Å². The number of rotatable bonds is 6. The summed E-state index contributed by atoms with van der Waals surface area (Å²) < 4.78 is 0. The van der Waals surface area contributed by atoms with Crippen LogP contribution in [0.1, 0.15) is 12.0 Å². The monoisotopic (exact) mass is 262 g/mol. The predicted molar refractivity (Wildman–Crippen MR) is 78.3 cm³/mol. The fourth-order valence-corrected chi connectivity index (χ4v) is 2.89. The first-order valence-electron chi connectivity index (χ1n) is 6.28. The van der Waals surface area contributed by atoms with Gasteiger partial charge in [0.15, 0.2) is 0 Å². The zero-order valence-corrected chi connectivity index (χ0v) is 12.4. The van der Waals surface area contributed by atoms with E-state index >= 15 is 0 Å². The maximum atomic E-state index is 12.0. The standard InChI is InChI=1S/C15H22O2Si/c1-12(15(17)18(2,3)4)14(16)11-10-13-8-6-5-7-9-13/h5-9,14,16H,1,10-11H2,2-4H3. The summed E-state index contributed by atoms with van der Waals surface area (Å²) in [5.74, 6) is 0. The number of benzene rings is 1. The van der Waals surface area contributed by atoms with E-state index in [1.54, 1.807) is 0 Å². The summed E-state index contributed by atoms with van der Waals surface area (Å²) in [7, 11) is -1.89. The van der Waals surface area contributed by atoms with Gasteiger partial charge in [-0.3, -0.25) is 0 Å². The highest BCUT2D eigenvalue weighted by Gasteiger charge is 2.29. The van der Waals surface area contributed by atoms with Crippen LogP contribution in [0.15, 0.2) is 42.5 Å². The SMILES string of the molecule is C=C(C(=O)[Si](C)(C)C)C(O)CCc1ccccc1. The molecule has 0 aromatic heterocycles. The van der Waals surface area contributed by atoms with Gasteiger partial charge in [0, 0.05) is 5.57 Å². The van der Waals surface area contributed by atoms with E-state index in [-0.39, 0.29) is 5.41 Å². The average molecular weight is 262 g/mol.